The summed E-state index contributed by atoms with van der Waals surface area (Å²) in [6, 6.07) is 25.1. The van der Waals surface area contributed by atoms with Crippen molar-refractivity contribution in [3.8, 4) is 11.4 Å². The lowest BCUT2D eigenvalue weighted by Gasteiger charge is -2.28. The van der Waals surface area contributed by atoms with Gasteiger partial charge in [0.25, 0.3) is 0 Å². The van der Waals surface area contributed by atoms with Crippen LogP contribution in [0.1, 0.15) is 47.2 Å². The highest BCUT2D eigenvalue weighted by atomic mass is 32.1. The van der Waals surface area contributed by atoms with Gasteiger partial charge >= 0.3 is 0 Å². The molecule has 1 aliphatic heterocycles. The largest absolute Gasteiger partial charge is 0.497 e. The quantitative estimate of drug-likeness (QED) is 0.330. The minimum absolute atomic E-state index is 0.0388. The van der Waals surface area contributed by atoms with Crippen LogP contribution in [0.4, 0.5) is 5.69 Å². The van der Waals surface area contributed by atoms with Crippen molar-refractivity contribution < 1.29 is 4.74 Å². The lowest BCUT2D eigenvalue weighted by Crippen LogP contribution is -2.29. The lowest BCUT2D eigenvalue weighted by atomic mass is 9.96. The minimum atomic E-state index is -0.0700. The van der Waals surface area contributed by atoms with E-state index >= 15 is 0 Å². The Morgan fingerprint density at radius 2 is 1.69 bits per heavy atom. The molecule has 5 rings (SSSR count). The van der Waals surface area contributed by atoms with Crippen molar-refractivity contribution in [2.24, 2.45) is 0 Å². The molecule has 35 heavy (non-hydrogen) atoms. The number of aromatic nitrogens is 2. The fourth-order valence-corrected chi connectivity index (χ4v) is 5.40. The van der Waals surface area contributed by atoms with Gasteiger partial charge in [0, 0.05) is 29.0 Å². The van der Waals surface area contributed by atoms with E-state index in [-0.39, 0.29) is 12.1 Å². The SMILES string of the molecule is CCc1ccc(N2C(=S)N[C@H](c3ccccn3)[C@@H]2c2cc(C)n(-c3ccc(OC)cc3)c2C)cc1. The van der Waals surface area contributed by atoms with Crippen LogP contribution < -0.4 is 15.0 Å². The van der Waals surface area contributed by atoms with Crippen molar-refractivity contribution in [3.05, 3.63) is 107 Å². The van der Waals surface area contributed by atoms with Gasteiger partial charge < -0.3 is 19.5 Å². The van der Waals surface area contributed by atoms with Gasteiger partial charge in [0.1, 0.15) is 5.75 Å². The number of benzene rings is 2. The van der Waals surface area contributed by atoms with E-state index < -0.39 is 0 Å². The number of ether oxygens (including phenoxy) is 1. The number of methoxy groups -OCH3 is 1. The average Bonchev–Trinajstić information content (AvgIpc) is 3.39. The molecule has 178 valence electrons. The molecule has 6 heteroatoms. The number of pyridine rings is 1. The van der Waals surface area contributed by atoms with Crippen LogP contribution in [0, 0.1) is 13.8 Å². The van der Waals surface area contributed by atoms with Gasteiger partial charge in [-0.3, -0.25) is 4.98 Å². The van der Waals surface area contributed by atoms with Gasteiger partial charge in [0.2, 0.25) is 0 Å². The van der Waals surface area contributed by atoms with Gasteiger partial charge in [-0.2, -0.15) is 0 Å². The number of thiocarbonyl (C=S) groups is 1. The Morgan fingerprint density at radius 3 is 2.31 bits per heavy atom. The zero-order valence-electron chi connectivity index (χ0n) is 20.5. The number of rotatable bonds is 6. The van der Waals surface area contributed by atoms with Gasteiger partial charge in [-0.1, -0.05) is 25.1 Å². The maximum absolute atomic E-state index is 5.91. The lowest BCUT2D eigenvalue weighted by molar-refractivity contribution is 0.414. The van der Waals surface area contributed by atoms with Crippen molar-refractivity contribution >= 4 is 23.0 Å². The smallest absolute Gasteiger partial charge is 0.174 e. The van der Waals surface area contributed by atoms with Gasteiger partial charge in [-0.15, -0.1) is 0 Å². The van der Waals surface area contributed by atoms with Crippen LogP contribution in [0.15, 0.2) is 79.0 Å². The number of aryl methyl sites for hydroxylation is 2. The summed E-state index contributed by atoms with van der Waals surface area (Å²) in [5, 5.41) is 4.29. The Labute approximate surface area is 212 Å². The number of anilines is 1. The Morgan fingerprint density at radius 1 is 0.971 bits per heavy atom. The van der Waals surface area contributed by atoms with Crippen molar-refractivity contribution in [1.29, 1.82) is 0 Å². The number of nitrogens with zero attached hydrogens (tertiary/aromatic N) is 3. The molecule has 5 nitrogen and oxygen atoms in total. The molecule has 1 aliphatic rings. The van der Waals surface area contributed by atoms with Gasteiger partial charge in [-0.25, -0.2) is 0 Å². The van der Waals surface area contributed by atoms with E-state index in [1.165, 1.54) is 22.5 Å². The van der Waals surface area contributed by atoms with Crippen molar-refractivity contribution in [3.63, 3.8) is 0 Å². The molecule has 1 fully saturated rings. The van der Waals surface area contributed by atoms with Crippen LogP contribution in [-0.2, 0) is 6.42 Å². The molecule has 4 aromatic rings. The molecule has 2 atom stereocenters. The Bertz CT molecular complexity index is 1330. The summed E-state index contributed by atoms with van der Waals surface area (Å²) in [6.45, 7) is 6.50. The molecule has 0 unspecified atom stereocenters. The molecule has 0 saturated carbocycles. The van der Waals surface area contributed by atoms with E-state index in [4.69, 9.17) is 21.9 Å². The zero-order valence-corrected chi connectivity index (χ0v) is 21.3. The molecule has 1 N–H and O–H groups in total. The molecule has 0 amide bonds. The summed E-state index contributed by atoms with van der Waals surface area (Å²) in [4.78, 5) is 6.94. The van der Waals surface area contributed by atoms with Crippen molar-refractivity contribution in [2.75, 3.05) is 12.0 Å². The van der Waals surface area contributed by atoms with E-state index in [1.807, 2.05) is 30.5 Å². The molecule has 0 spiro atoms. The molecular formula is C29H30N4OS. The maximum Gasteiger partial charge on any atom is 0.174 e. The van der Waals surface area contributed by atoms with Crippen LogP contribution in [0.3, 0.4) is 0 Å². The number of hydrogen-bond acceptors (Lipinski definition) is 3. The minimum Gasteiger partial charge on any atom is -0.497 e. The highest BCUT2D eigenvalue weighted by Gasteiger charge is 2.42. The first-order valence-electron chi connectivity index (χ1n) is 11.9. The van der Waals surface area contributed by atoms with Gasteiger partial charge in [0.05, 0.1) is 24.9 Å². The second-order valence-corrected chi connectivity index (χ2v) is 9.26. The Kier molecular flexibility index (Phi) is 6.31. The van der Waals surface area contributed by atoms with Crippen molar-refractivity contribution in [1.82, 2.24) is 14.9 Å². The predicted molar refractivity (Wildman–Crippen MR) is 146 cm³/mol. The topological polar surface area (TPSA) is 42.3 Å². The standard InChI is InChI=1S/C29H30N4OS/c1-5-21-9-11-23(12-10-21)33-28(27(31-29(33)35)26-8-6-7-17-30-26)25-18-19(2)32(20(25)3)22-13-15-24(34-4)16-14-22/h6-18,27-28H,5H2,1-4H3,(H,31,35)/t27-,28+/m1/s1. The monoisotopic (exact) mass is 482 g/mol. The molecule has 1 saturated heterocycles. The Balaban J connectivity index is 1.64. The first-order valence-corrected chi connectivity index (χ1v) is 12.4. The molecule has 0 aliphatic carbocycles. The normalized spacial score (nSPS) is 17.5. The third kappa shape index (κ3) is 4.19. The average molecular weight is 483 g/mol. The number of hydrogen-bond donors (Lipinski definition) is 1. The molecule has 0 bridgehead atoms. The molecule has 0 radical (unpaired) electrons. The van der Waals surface area contributed by atoms with Crippen LogP contribution in [0.5, 0.6) is 5.75 Å². The third-order valence-corrected chi connectivity index (χ3v) is 7.15. The van der Waals surface area contributed by atoms with Crippen LogP contribution in [-0.4, -0.2) is 21.8 Å². The van der Waals surface area contributed by atoms with Crippen LogP contribution in [0.2, 0.25) is 0 Å². The Hall–Kier alpha value is -3.64. The number of nitrogens with one attached hydrogen (secondary N) is 1. The predicted octanol–water partition coefficient (Wildman–Crippen LogP) is 6.24. The first-order chi connectivity index (χ1) is 17.0. The molecule has 2 aromatic carbocycles. The van der Waals surface area contributed by atoms with E-state index in [9.17, 15) is 0 Å². The zero-order chi connectivity index (χ0) is 24.5. The molecule has 3 heterocycles. The van der Waals surface area contributed by atoms with E-state index in [0.717, 1.165) is 29.2 Å². The fourth-order valence-electron chi connectivity index (χ4n) is 5.06. The summed E-state index contributed by atoms with van der Waals surface area (Å²) in [5.74, 6) is 0.846. The summed E-state index contributed by atoms with van der Waals surface area (Å²) in [5.41, 5.74) is 8.04. The van der Waals surface area contributed by atoms with Crippen LogP contribution >= 0.6 is 12.2 Å². The summed E-state index contributed by atoms with van der Waals surface area (Å²) < 4.78 is 7.66. The first kappa shape index (κ1) is 23.1. The van der Waals surface area contributed by atoms with E-state index in [0.29, 0.717) is 5.11 Å². The molecular weight excluding hydrogens is 452 g/mol. The van der Waals surface area contributed by atoms with Crippen molar-refractivity contribution in [2.45, 2.75) is 39.3 Å². The summed E-state index contributed by atoms with van der Waals surface area (Å²) in [7, 11) is 1.69. The van der Waals surface area contributed by atoms with Gasteiger partial charge in [-0.05, 0) is 98.2 Å². The van der Waals surface area contributed by atoms with E-state index in [1.54, 1.807) is 7.11 Å². The fraction of sp³-hybridized carbons (Fsp3) is 0.241. The van der Waals surface area contributed by atoms with Gasteiger partial charge in [0.15, 0.2) is 5.11 Å². The molecule has 2 aromatic heterocycles. The summed E-state index contributed by atoms with van der Waals surface area (Å²) in [6.07, 6.45) is 2.85. The van der Waals surface area contributed by atoms with E-state index in [2.05, 4.69) is 84.1 Å². The highest BCUT2D eigenvalue weighted by molar-refractivity contribution is 7.80. The third-order valence-electron chi connectivity index (χ3n) is 6.84. The highest BCUT2D eigenvalue weighted by Crippen LogP contribution is 2.43. The second kappa shape index (κ2) is 9.55. The summed E-state index contributed by atoms with van der Waals surface area (Å²) >= 11 is 5.91. The maximum atomic E-state index is 5.91. The van der Waals surface area contributed by atoms with Crippen LogP contribution in [0.25, 0.3) is 5.69 Å². The second-order valence-electron chi connectivity index (χ2n) is 8.88.